The number of hydrogen-bond acceptors (Lipinski definition) is 4. The highest BCUT2D eigenvalue weighted by molar-refractivity contribution is 7.93. The van der Waals surface area contributed by atoms with Crippen molar-refractivity contribution in [3.8, 4) is 0 Å². The summed E-state index contributed by atoms with van der Waals surface area (Å²) in [6.07, 6.45) is 1.18. The van der Waals surface area contributed by atoms with Crippen molar-refractivity contribution in [2.24, 2.45) is 0 Å². The minimum Gasteiger partial charge on any atom is -0.372 e. The van der Waals surface area contributed by atoms with E-state index in [2.05, 4.69) is 6.58 Å². The number of benzene rings is 2. The maximum absolute atomic E-state index is 13.4. The van der Waals surface area contributed by atoms with Crippen LogP contribution in [0, 0.1) is 5.82 Å². The van der Waals surface area contributed by atoms with Crippen LogP contribution in [0.25, 0.3) is 0 Å². The molecule has 3 rings (SSSR count). The van der Waals surface area contributed by atoms with Gasteiger partial charge in [0.05, 0.1) is 29.5 Å². The van der Waals surface area contributed by atoms with Gasteiger partial charge in [0.25, 0.3) is 15.9 Å². The number of morpholine rings is 1. The third-order valence-corrected chi connectivity index (χ3v) is 7.14. The van der Waals surface area contributed by atoms with E-state index >= 15 is 0 Å². The monoisotopic (exact) mass is 466 g/mol. The number of halogens is 2. The van der Waals surface area contributed by atoms with E-state index in [-0.39, 0.29) is 45.8 Å². The first kappa shape index (κ1) is 23.2. The Kier molecular flexibility index (Phi) is 7.03. The third-order valence-electron chi connectivity index (χ3n) is 4.86. The van der Waals surface area contributed by atoms with Crippen molar-refractivity contribution in [2.45, 2.75) is 31.0 Å². The number of sulfonamides is 1. The molecule has 6 nitrogen and oxygen atoms in total. The SMILES string of the molecule is C=CCN(c1ccc(F)cc1)S(=O)(=O)c1cc(C(=O)N2C[C@@H](C)O[C@H](C)C2)ccc1Cl. The first-order valence-electron chi connectivity index (χ1n) is 9.77. The van der Waals surface area contributed by atoms with Gasteiger partial charge in [-0.25, -0.2) is 12.8 Å². The van der Waals surface area contributed by atoms with Crippen molar-refractivity contribution in [3.05, 3.63) is 71.5 Å². The van der Waals surface area contributed by atoms with Crippen molar-refractivity contribution in [2.75, 3.05) is 23.9 Å². The van der Waals surface area contributed by atoms with Crippen LogP contribution in [0.3, 0.4) is 0 Å². The molecule has 1 fully saturated rings. The maximum Gasteiger partial charge on any atom is 0.266 e. The molecule has 0 aliphatic carbocycles. The van der Waals surface area contributed by atoms with Gasteiger partial charge in [-0.3, -0.25) is 9.10 Å². The minimum atomic E-state index is -4.16. The smallest absolute Gasteiger partial charge is 0.266 e. The predicted octanol–water partition coefficient (Wildman–Crippen LogP) is 4.11. The summed E-state index contributed by atoms with van der Waals surface area (Å²) < 4.78 is 46.9. The number of carbonyl (C=O) groups is 1. The minimum absolute atomic E-state index is 0.0172. The van der Waals surface area contributed by atoms with Crippen LogP contribution < -0.4 is 4.31 Å². The van der Waals surface area contributed by atoms with E-state index in [9.17, 15) is 17.6 Å². The molecule has 1 aliphatic rings. The molecule has 0 aromatic heterocycles. The number of carbonyl (C=O) groups excluding carboxylic acids is 1. The van der Waals surface area contributed by atoms with E-state index in [1.54, 1.807) is 4.90 Å². The average molecular weight is 467 g/mol. The predicted molar refractivity (Wildman–Crippen MR) is 118 cm³/mol. The molecule has 0 saturated carbocycles. The molecule has 0 bridgehead atoms. The maximum atomic E-state index is 13.4. The summed E-state index contributed by atoms with van der Waals surface area (Å²) in [4.78, 5) is 14.5. The molecular weight excluding hydrogens is 443 g/mol. The van der Waals surface area contributed by atoms with Gasteiger partial charge in [-0.2, -0.15) is 0 Å². The summed E-state index contributed by atoms with van der Waals surface area (Å²) >= 11 is 6.24. The Morgan fingerprint density at radius 2 is 1.84 bits per heavy atom. The molecule has 9 heteroatoms. The molecule has 1 aliphatic heterocycles. The number of amides is 1. The summed E-state index contributed by atoms with van der Waals surface area (Å²) in [6, 6.07) is 9.23. The zero-order valence-electron chi connectivity index (χ0n) is 17.3. The van der Waals surface area contributed by atoms with Gasteiger partial charge >= 0.3 is 0 Å². The molecule has 2 aromatic rings. The lowest BCUT2D eigenvalue weighted by molar-refractivity contribution is -0.0586. The summed E-state index contributed by atoms with van der Waals surface area (Å²) in [6.45, 7) is 8.13. The van der Waals surface area contributed by atoms with E-state index in [0.29, 0.717) is 13.1 Å². The summed E-state index contributed by atoms with van der Waals surface area (Å²) in [5.41, 5.74) is 0.465. The van der Waals surface area contributed by atoms with Crippen molar-refractivity contribution >= 4 is 33.2 Å². The zero-order chi connectivity index (χ0) is 22.8. The fraction of sp³-hybridized carbons (Fsp3) is 0.318. The fourth-order valence-corrected chi connectivity index (χ4v) is 5.48. The topological polar surface area (TPSA) is 66.9 Å². The molecule has 2 aromatic carbocycles. The van der Waals surface area contributed by atoms with Crippen LogP contribution >= 0.6 is 11.6 Å². The molecule has 0 N–H and O–H groups in total. The largest absolute Gasteiger partial charge is 0.372 e. The Labute approximate surface area is 186 Å². The molecule has 1 amide bonds. The van der Waals surface area contributed by atoms with E-state index in [1.165, 1.54) is 48.5 Å². The van der Waals surface area contributed by atoms with Gasteiger partial charge in [-0.05, 0) is 56.3 Å². The van der Waals surface area contributed by atoms with Gasteiger partial charge in [0.1, 0.15) is 10.7 Å². The lowest BCUT2D eigenvalue weighted by Crippen LogP contribution is -2.48. The zero-order valence-corrected chi connectivity index (χ0v) is 18.9. The van der Waals surface area contributed by atoms with Gasteiger partial charge < -0.3 is 9.64 Å². The highest BCUT2D eigenvalue weighted by Crippen LogP contribution is 2.30. The van der Waals surface area contributed by atoms with Gasteiger partial charge in [-0.15, -0.1) is 6.58 Å². The first-order chi connectivity index (χ1) is 14.6. The van der Waals surface area contributed by atoms with E-state index in [4.69, 9.17) is 16.3 Å². The summed E-state index contributed by atoms with van der Waals surface area (Å²) in [5.74, 6) is -0.786. The normalized spacial score (nSPS) is 19.2. The summed E-state index contributed by atoms with van der Waals surface area (Å²) in [7, 11) is -4.16. The van der Waals surface area contributed by atoms with Crippen LogP contribution in [0.5, 0.6) is 0 Å². The molecule has 0 unspecified atom stereocenters. The van der Waals surface area contributed by atoms with E-state index in [0.717, 1.165) is 4.31 Å². The van der Waals surface area contributed by atoms with Crippen LogP contribution in [0.15, 0.2) is 60.0 Å². The highest BCUT2D eigenvalue weighted by Gasteiger charge is 2.30. The fourth-order valence-electron chi connectivity index (χ4n) is 3.55. The molecule has 31 heavy (non-hydrogen) atoms. The Bertz CT molecular complexity index is 1070. The molecule has 1 heterocycles. The van der Waals surface area contributed by atoms with E-state index < -0.39 is 15.8 Å². The van der Waals surface area contributed by atoms with Gasteiger partial charge in [0.2, 0.25) is 0 Å². The van der Waals surface area contributed by atoms with Crippen molar-refractivity contribution in [1.29, 1.82) is 0 Å². The molecule has 1 saturated heterocycles. The molecule has 0 spiro atoms. The van der Waals surface area contributed by atoms with Crippen molar-refractivity contribution in [3.63, 3.8) is 0 Å². The third kappa shape index (κ3) is 5.08. The van der Waals surface area contributed by atoms with Crippen molar-refractivity contribution in [1.82, 2.24) is 4.90 Å². The van der Waals surface area contributed by atoms with Gasteiger partial charge in [0.15, 0.2) is 0 Å². The van der Waals surface area contributed by atoms with Crippen molar-refractivity contribution < 1.29 is 22.3 Å². The number of hydrogen-bond donors (Lipinski definition) is 0. The number of ether oxygens (including phenoxy) is 1. The van der Waals surface area contributed by atoms with Crippen LogP contribution in [0.2, 0.25) is 5.02 Å². The van der Waals surface area contributed by atoms with Crippen LogP contribution in [0.1, 0.15) is 24.2 Å². The second-order valence-electron chi connectivity index (χ2n) is 7.41. The molecule has 2 atom stereocenters. The lowest BCUT2D eigenvalue weighted by Gasteiger charge is -2.35. The Morgan fingerprint density at radius 3 is 2.42 bits per heavy atom. The quantitative estimate of drug-likeness (QED) is 0.601. The summed E-state index contributed by atoms with van der Waals surface area (Å²) in [5, 5.41) is -0.0172. The number of rotatable bonds is 6. The lowest BCUT2D eigenvalue weighted by atomic mass is 10.1. The Balaban J connectivity index is 1.99. The van der Waals surface area contributed by atoms with Gasteiger partial charge in [0, 0.05) is 18.7 Å². The van der Waals surface area contributed by atoms with Crippen LogP contribution in [-0.2, 0) is 14.8 Å². The second kappa shape index (κ2) is 9.38. The molecule has 166 valence electrons. The molecule has 0 radical (unpaired) electrons. The number of nitrogens with zero attached hydrogens (tertiary/aromatic N) is 2. The Hall–Kier alpha value is -2.42. The van der Waals surface area contributed by atoms with Gasteiger partial charge in [-0.1, -0.05) is 17.7 Å². The standard InChI is InChI=1S/C22H24ClFN2O4S/c1-4-11-26(19-8-6-18(24)7-9-19)31(28,29)21-12-17(5-10-20(21)23)22(27)25-13-15(2)30-16(3)14-25/h4-10,12,15-16H,1,11,13-14H2,2-3H3/t15-,16-/m1/s1. The van der Waals surface area contributed by atoms with E-state index in [1.807, 2.05) is 13.8 Å². The number of anilines is 1. The second-order valence-corrected chi connectivity index (χ2v) is 9.65. The van der Waals surface area contributed by atoms with Crippen LogP contribution in [0.4, 0.5) is 10.1 Å². The average Bonchev–Trinajstić information content (AvgIpc) is 2.71. The van der Waals surface area contributed by atoms with Crippen LogP contribution in [-0.4, -0.2) is 51.1 Å². The molecular formula is C22H24ClFN2O4S. The highest BCUT2D eigenvalue weighted by atomic mass is 35.5. The Morgan fingerprint density at radius 1 is 1.23 bits per heavy atom. The first-order valence-corrected chi connectivity index (χ1v) is 11.6.